The van der Waals surface area contributed by atoms with Crippen molar-refractivity contribution in [3.63, 3.8) is 0 Å². The largest absolute Gasteiger partial charge is 0.379 e. The Morgan fingerprint density at radius 3 is 2.63 bits per heavy atom. The first-order valence-electron chi connectivity index (χ1n) is 9.55. The molecule has 0 bridgehead atoms. The summed E-state index contributed by atoms with van der Waals surface area (Å²) >= 11 is 6.17. The lowest BCUT2D eigenvalue weighted by Gasteiger charge is -2.26. The first-order valence-corrected chi connectivity index (χ1v) is 11.4. The number of carbonyl (C=O) groups is 1. The molecule has 1 N–H and O–H groups in total. The van der Waals surface area contributed by atoms with Crippen molar-refractivity contribution in [2.75, 3.05) is 32.8 Å². The summed E-state index contributed by atoms with van der Waals surface area (Å²) in [6.45, 7) is 6.17. The SMILES string of the molecule is CCCC[C@H](CC)CNC(=O)c1cc(S(=O)(=O)N2CCOCC2)ccc1Cl. The summed E-state index contributed by atoms with van der Waals surface area (Å²) < 4.78 is 32.2. The Bertz CT molecular complexity index is 733. The Balaban J connectivity index is 2.12. The van der Waals surface area contributed by atoms with Gasteiger partial charge in [0, 0.05) is 19.6 Å². The molecule has 0 aliphatic carbocycles. The molecular formula is C19H29ClN2O4S. The number of carbonyl (C=O) groups excluding carboxylic acids is 1. The first kappa shape index (κ1) is 22.1. The zero-order valence-corrected chi connectivity index (χ0v) is 17.6. The van der Waals surface area contributed by atoms with Crippen LogP contribution in [-0.2, 0) is 14.8 Å². The number of hydrogen-bond acceptors (Lipinski definition) is 4. The maximum atomic E-state index is 12.8. The van der Waals surface area contributed by atoms with Crippen LogP contribution in [0.4, 0.5) is 0 Å². The fourth-order valence-electron chi connectivity index (χ4n) is 3.05. The number of nitrogens with one attached hydrogen (secondary N) is 1. The molecule has 0 unspecified atom stereocenters. The van der Waals surface area contributed by atoms with Crippen molar-refractivity contribution in [1.82, 2.24) is 9.62 Å². The van der Waals surface area contributed by atoms with Gasteiger partial charge in [-0.3, -0.25) is 4.79 Å². The highest BCUT2D eigenvalue weighted by Gasteiger charge is 2.27. The first-order chi connectivity index (χ1) is 12.9. The predicted octanol–water partition coefficient (Wildman–Crippen LogP) is 3.31. The zero-order chi connectivity index (χ0) is 19.9. The number of halogens is 1. The van der Waals surface area contributed by atoms with Gasteiger partial charge in [-0.25, -0.2) is 8.42 Å². The lowest BCUT2D eigenvalue weighted by molar-refractivity contribution is 0.0730. The van der Waals surface area contributed by atoms with E-state index in [4.69, 9.17) is 16.3 Å². The third kappa shape index (κ3) is 5.91. The lowest BCUT2D eigenvalue weighted by Crippen LogP contribution is -2.40. The van der Waals surface area contributed by atoms with Crippen molar-refractivity contribution in [2.45, 2.75) is 44.4 Å². The number of benzene rings is 1. The minimum absolute atomic E-state index is 0.0805. The Morgan fingerprint density at radius 1 is 1.30 bits per heavy atom. The van der Waals surface area contributed by atoms with Crippen molar-refractivity contribution in [3.8, 4) is 0 Å². The van der Waals surface area contributed by atoms with Crippen LogP contribution >= 0.6 is 11.6 Å². The Labute approximate surface area is 167 Å². The average molecular weight is 417 g/mol. The van der Waals surface area contributed by atoms with Crippen LogP contribution in [0.5, 0.6) is 0 Å². The average Bonchev–Trinajstić information content (AvgIpc) is 2.68. The molecule has 1 amide bonds. The van der Waals surface area contributed by atoms with Crippen LogP contribution in [0, 0.1) is 5.92 Å². The molecule has 152 valence electrons. The van der Waals surface area contributed by atoms with E-state index in [-0.39, 0.29) is 21.4 Å². The summed E-state index contributed by atoms with van der Waals surface area (Å²) in [5.41, 5.74) is 0.191. The van der Waals surface area contributed by atoms with E-state index in [1.54, 1.807) is 0 Å². The van der Waals surface area contributed by atoms with Gasteiger partial charge in [-0.2, -0.15) is 4.31 Å². The van der Waals surface area contributed by atoms with E-state index < -0.39 is 10.0 Å². The second kappa shape index (κ2) is 10.4. The van der Waals surface area contributed by atoms with Crippen LogP contribution < -0.4 is 5.32 Å². The van der Waals surface area contributed by atoms with Gasteiger partial charge in [-0.15, -0.1) is 0 Å². The van der Waals surface area contributed by atoms with Crippen molar-refractivity contribution >= 4 is 27.5 Å². The van der Waals surface area contributed by atoms with Crippen LogP contribution in [0.3, 0.4) is 0 Å². The van der Waals surface area contributed by atoms with Gasteiger partial charge in [-0.1, -0.05) is 44.7 Å². The summed E-state index contributed by atoms with van der Waals surface area (Å²) in [5, 5.41) is 3.15. The maximum absolute atomic E-state index is 12.8. The summed E-state index contributed by atoms with van der Waals surface area (Å²) in [5.74, 6) is 0.0712. The van der Waals surface area contributed by atoms with Crippen molar-refractivity contribution in [2.24, 2.45) is 5.92 Å². The number of hydrogen-bond donors (Lipinski definition) is 1. The predicted molar refractivity (Wildman–Crippen MR) is 107 cm³/mol. The highest BCUT2D eigenvalue weighted by atomic mass is 35.5. The Morgan fingerprint density at radius 2 is 2.00 bits per heavy atom. The molecule has 1 fully saturated rings. The molecule has 1 heterocycles. The number of rotatable bonds is 9. The summed E-state index contributed by atoms with van der Waals surface area (Å²) in [6, 6.07) is 4.29. The zero-order valence-electron chi connectivity index (χ0n) is 16.0. The van der Waals surface area contributed by atoms with Gasteiger partial charge in [0.25, 0.3) is 5.91 Å². The van der Waals surface area contributed by atoms with Crippen LogP contribution in [0.1, 0.15) is 49.9 Å². The van der Waals surface area contributed by atoms with Gasteiger partial charge in [0.1, 0.15) is 0 Å². The van der Waals surface area contributed by atoms with Gasteiger partial charge in [-0.05, 0) is 30.5 Å². The second-order valence-electron chi connectivity index (χ2n) is 6.78. The smallest absolute Gasteiger partial charge is 0.252 e. The van der Waals surface area contributed by atoms with E-state index in [9.17, 15) is 13.2 Å². The molecule has 1 aliphatic heterocycles. The molecular weight excluding hydrogens is 388 g/mol. The van der Waals surface area contributed by atoms with Gasteiger partial charge in [0.2, 0.25) is 10.0 Å². The third-order valence-corrected chi connectivity index (χ3v) is 7.11. The maximum Gasteiger partial charge on any atom is 0.252 e. The van der Waals surface area contributed by atoms with E-state index in [1.165, 1.54) is 22.5 Å². The van der Waals surface area contributed by atoms with E-state index in [1.807, 2.05) is 0 Å². The number of amides is 1. The number of sulfonamides is 1. The molecule has 1 saturated heterocycles. The van der Waals surface area contributed by atoms with Gasteiger partial charge in [0.05, 0.1) is 28.7 Å². The molecule has 0 saturated carbocycles. The number of ether oxygens (including phenoxy) is 1. The van der Waals surface area contributed by atoms with E-state index in [0.717, 1.165) is 25.7 Å². The fourth-order valence-corrected chi connectivity index (χ4v) is 4.69. The molecule has 0 radical (unpaired) electrons. The Hall–Kier alpha value is -1.15. The molecule has 0 aromatic heterocycles. The molecule has 8 heteroatoms. The van der Waals surface area contributed by atoms with E-state index in [0.29, 0.717) is 38.8 Å². The molecule has 1 atom stereocenters. The second-order valence-corrected chi connectivity index (χ2v) is 9.13. The normalized spacial score (nSPS) is 16.9. The summed E-state index contributed by atoms with van der Waals surface area (Å²) in [7, 11) is -3.67. The summed E-state index contributed by atoms with van der Waals surface area (Å²) in [6.07, 6.45) is 4.30. The molecule has 0 spiro atoms. The minimum atomic E-state index is -3.67. The standard InChI is InChI=1S/C19H29ClN2O4S/c1-3-5-6-15(4-2)14-21-19(23)17-13-16(7-8-18(17)20)27(24,25)22-9-11-26-12-10-22/h7-8,13,15H,3-6,9-12,14H2,1-2H3,(H,21,23)/t15-/m0/s1. The number of morpholine rings is 1. The topological polar surface area (TPSA) is 75.7 Å². The van der Waals surface area contributed by atoms with Crippen molar-refractivity contribution < 1.29 is 17.9 Å². The van der Waals surface area contributed by atoms with E-state index in [2.05, 4.69) is 19.2 Å². The van der Waals surface area contributed by atoms with Crippen molar-refractivity contribution in [3.05, 3.63) is 28.8 Å². The molecule has 1 aliphatic rings. The van der Waals surface area contributed by atoms with Crippen molar-refractivity contribution in [1.29, 1.82) is 0 Å². The molecule has 27 heavy (non-hydrogen) atoms. The molecule has 1 aromatic carbocycles. The van der Waals surface area contributed by atoms with E-state index >= 15 is 0 Å². The van der Waals surface area contributed by atoms with Crippen LogP contribution in [0.25, 0.3) is 0 Å². The summed E-state index contributed by atoms with van der Waals surface area (Å²) in [4.78, 5) is 12.7. The monoisotopic (exact) mass is 416 g/mol. The van der Waals surface area contributed by atoms with Crippen LogP contribution in [0.2, 0.25) is 5.02 Å². The van der Waals surface area contributed by atoms with Crippen LogP contribution in [0.15, 0.2) is 23.1 Å². The van der Waals surface area contributed by atoms with Gasteiger partial charge >= 0.3 is 0 Å². The number of nitrogens with zero attached hydrogens (tertiary/aromatic N) is 1. The van der Waals surface area contributed by atoms with Gasteiger partial charge in [0.15, 0.2) is 0 Å². The molecule has 2 rings (SSSR count). The van der Waals surface area contributed by atoms with Gasteiger partial charge < -0.3 is 10.1 Å². The Kier molecular flexibility index (Phi) is 8.54. The highest BCUT2D eigenvalue weighted by Crippen LogP contribution is 2.24. The molecule has 1 aromatic rings. The number of unbranched alkanes of at least 4 members (excludes halogenated alkanes) is 1. The fraction of sp³-hybridized carbons (Fsp3) is 0.632. The minimum Gasteiger partial charge on any atom is -0.379 e. The quantitative estimate of drug-likeness (QED) is 0.670. The van der Waals surface area contributed by atoms with Crippen LogP contribution in [-0.4, -0.2) is 51.5 Å². The lowest BCUT2D eigenvalue weighted by atomic mass is 9.99. The molecule has 6 nitrogen and oxygen atoms in total. The highest BCUT2D eigenvalue weighted by molar-refractivity contribution is 7.89. The third-order valence-electron chi connectivity index (χ3n) is 4.88.